The Kier molecular flexibility index (Phi) is 6.33. The molecule has 4 nitrogen and oxygen atoms in total. The second-order valence-corrected chi connectivity index (χ2v) is 7.86. The number of piperidine rings is 1. The number of benzene rings is 1. The van der Waals surface area contributed by atoms with Crippen LogP contribution in [0.2, 0.25) is 0 Å². The number of likely N-dealkylation sites (tertiary alicyclic amines) is 1. The Balaban J connectivity index is 1.53. The third-order valence-corrected chi connectivity index (χ3v) is 5.95. The van der Waals surface area contributed by atoms with E-state index in [1.54, 1.807) is 12.1 Å². The molecule has 1 saturated carbocycles. The molecule has 1 aromatic carbocycles. The zero-order valence-corrected chi connectivity index (χ0v) is 16.1. The van der Waals surface area contributed by atoms with Crippen LogP contribution in [0.25, 0.3) is 0 Å². The highest BCUT2D eigenvalue weighted by Crippen LogP contribution is 2.38. The first-order chi connectivity index (χ1) is 12.6. The van der Waals surface area contributed by atoms with E-state index in [1.807, 2.05) is 19.1 Å². The van der Waals surface area contributed by atoms with Crippen molar-refractivity contribution in [3.05, 3.63) is 29.8 Å². The molecule has 2 fully saturated rings. The molecule has 4 heteroatoms. The molecule has 2 aliphatic rings. The van der Waals surface area contributed by atoms with Gasteiger partial charge in [0.15, 0.2) is 5.78 Å². The van der Waals surface area contributed by atoms with Gasteiger partial charge in [-0.05, 0) is 75.1 Å². The van der Waals surface area contributed by atoms with E-state index < -0.39 is 0 Å². The second kappa shape index (κ2) is 8.70. The Bertz CT molecular complexity index is 625. The number of Topliss-reactive ketones (excluding diaryl/α,β-unsaturated/α-hetero) is 1. The molecule has 142 valence electrons. The highest BCUT2D eigenvalue weighted by atomic mass is 16.5. The van der Waals surface area contributed by atoms with Crippen LogP contribution in [0.1, 0.15) is 69.2 Å². The summed E-state index contributed by atoms with van der Waals surface area (Å²) in [6.07, 6.45) is 6.57. The molecule has 0 bridgehead atoms. The van der Waals surface area contributed by atoms with Gasteiger partial charge in [0, 0.05) is 31.0 Å². The summed E-state index contributed by atoms with van der Waals surface area (Å²) >= 11 is 0. The number of hydrogen-bond acceptors (Lipinski definition) is 3. The number of carbonyl (C=O) groups excluding carboxylic acids is 2. The average molecular weight is 357 g/mol. The van der Waals surface area contributed by atoms with Gasteiger partial charge in [-0.2, -0.15) is 0 Å². The monoisotopic (exact) mass is 357 g/mol. The van der Waals surface area contributed by atoms with Crippen LogP contribution in [0.4, 0.5) is 0 Å². The topological polar surface area (TPSA) is 46.6 Å². The minimum atomic E-state index is 0.0345. The average Bonchev–Trinajstić information content (AvgIpc) is 2.66. The summed E-state index contributed by atoms with van der Waals surface area (Å²) in [5.74, 6) is 2.41. The summed E-state index contributed by atoms with van der Waals surface area (Å²) in [5.41, 5.74) is 0.657. The Hall–Kier alpha value is -1.84. The van der Waals surface area contributed by atoms with Gasteiger partial charge in [0.2, 0.25) is 5.91 Å². The predicted octanol–water partition coefficient (Wildman–Crippen LogP) is 4.48. The van der Waals surface area contributed by atoms with Crippen LogP contribution in [0.15, 0.2) is 24.3 Å². The molecular weight excluding hydrogens is 326 g/mol. The summed E-state index contributed by atoms with van der Waals surface area (Å²) < 4.78 is 5.40. The SMILES string of the molecule is CCOc1ccc(C(=O)CCC(=O)N2CCC[C@@H]3C[C@H](C)CC[C@@H]32)cc1. The Morgan fingerprint density at radius 1 is 1.12 bits per heavy atom. The number of nitrogens with zero attached hydrogens (tertiary/aromatic N) is 1. The maximum absolute atomic E-state index is 12.8. The number of ether oxygens (including phenoxy) is 1. The van der Waals surface area contributed by atoms with Gasteiger partial charge in [0.25, 0.3) is 0 Å². The van der Waals surface area contributed by atoms with E-state index in [0.29, 0.717) is 30.6 Å². The molecule has 0 spiro atoms. The summed E-state index contributed by atoms with van der Waals surface area (Å²) in [5, 5.41) is 0. The maximum atomic E-state index is 12.8. The Labute approximate surface area is 156 Å². The van der Waals surface area contributed by atoms with Gasteiger partial charge in [0.05, 0.1) is 6.61 Å². The fourth-order valence-corrected chi connectivity index (χ4v) is 4.61. The molecule has 26 heavy (non-hydrogen) atoms. The molecule has 1 aliphatic heterocycles. The summed E-state index contributed by atoms with van der Waals surface area (Å²) in [4.78, 5) is 27.3. The summed E-state index contributed by atoms with van der Waals surface area (Å²) in [6.45, 7) is 5.74. The number of hydrogen-bond donors (Lipinski definition) is 0. The van der Waals surface area contributed by atoms with Crippen LogP contribution in [-0.4, -0.2) is 35.8 Å². The highest BCUT2D eigenvalue weighted by molar-refractivity contribution is 5.98. The molecule has 1 saturated heterocycles. The van der Waals surface area contributed by atoms with Crippen molar-refractivity contribution < 1.29 is 14.3 Å². The molecule has 0 aromatic heterocycles. The van der Waals surface area contributed by atoms with Crippen LogP contribution >= 0.6 is 0 Å². The molecule has 0 N–H and O–H groups in total. The minimum Gasteiger partial charge on any atom is -0.494 e. The third-order valence-electron chi connectivity index (χ3n) is 5.95. The Morgan fingerprint density at radius 3 is 2.62 bits per heavy atom. The number of amides is 1. The van der Waals surface area contributed by atoms with Gasteiger partial charge in [-0.1, -0.05) is 6.92 Å². The largest absolute Gasteiger partial charge is 0.494 e. The van der Waals surface area contributed by atoms with Gasteiger partial charge >= 0.3 is 0 Å². The highest BCUT2D eigenvalue weighted by Gasteiger charge is 2.37. The maximum Gasteiger partial charge on any atom is 0.223 e. The first-order valence-corrected chi connectivity index (χ1v) is 10.1. The van der Waals surface area contributed by atoms with E-state index in [9.17, 15) is 9.59 Å². The van der Waals surface area contributed by atoms with Gasteiger partial charge < -0.3 is 9.64 Å². The van der Waals surface area contributed by atoms with Gasteiger partial charge in [0.1, 0.15) is 5.75 Å². The predicted molar refractivity (Wildman–Crippen MR) is 102 cm³/mol. The minimum absolute atomic E-state index is 0.0345. The van der Waals surface area contributed by atoms with Crippen LogP contribution in [0.3, 0.4) is 0 Å². The van der Waals surface area contributed by atoms with Crippen molar-refractivity contribution in [1.82, 2.24) is 4.90 Å². The number of ketones is 1. The zero-order chi connectivity index (χ0) is 18.5. The number of carbonyl (C=O) groups is 2. The van der Waals surface area contributed by atoms with E-state index in [-0.39, 0.29) is 18.1 Å². The molecule has 0 unspecified atom stereocenters. The fourth-order valence-electron chi connectivity index (χ4n) is 4.61. The first kappa shape index (κ1) is 18.9. The lowest BCUT2D eigenvalue weighted by molar-refractivity contribution is -0.137. The standard InChI is InChI=1S/C22H31NO3/c1-3-26-19-9-7-17(8-10-19)21(24)12-13-22(25)23-14-4-5-18-15-16(2)6-11-20(18)23/h7-10,16,18,20H,3-6,11-15H2,1-2H3/t16-,18-,20+/m1/s1. The molecule has 1 heterocycles. The van der Waals surface area contributed by atoms with Crippen molar-refractivity contribution in [2.75, 3.05) is 13.2 Å². The third kappa shape index (κ3) is 4.46. The lowest BCUT2D eigenvalue weighted by atomic mass is 9.74. The first-order valence-electron chi connectivity index (χ1n) is 10.1. The molecule has 1 aliphatic carbocycles. The van der Waals surface area contributed by atoms with E-state index in [2.05, 4.69) is 11.8 Å². The van der Waals surface area contributed by atoms with Crippen LogP contribution < -0.4 is 4.74 Å². The fraction of sp³-hybridized carbons (Fsp3) is 0.636. The quantitative estimate of drug-likeness (QED) is 0.706. The molecule has 0 radical (unpaired) electrons. The van der Waals surface area contributed by atoms with Crippen molar-refractivity contribution in [1.29, 1.82) is 0 Å². The van der Waals surface area contributed by atoms with E-state index in [4.69, 9.17) is 4.74 Å². The number of rotatable bonds is 6. The zero-order valence-electron chi connectivity index (χ0n) is 16.1. The van der Waals surface area contributed by atoms with Crippen LogP contribution in [0, 0.1) is 11.8 Å². The van der Waals surface area contributed by atoms with Gasteiger partial charge in [-0.15, -0.1) is 0 Å². The lowest BCUT2D eigenvalue weighted by Gasteiger charge is -2.45. The van der Waals surface area contributed by atoms with Crippen molar-refractivity contribution >= 4 is 11.7 Å². The molecule has 1 aromatic rings. The molecule has 1 amide bonds. The van der Waals surface area contributed by atoms with Crippen LogP contribution in [-0.2, 0) is 4.79 Å². The smallest absolute Gasteiger partial charge is 0.223 e. The van der Waals surface area contributed by atoms with Crippen molar-refractivity contribution in [3.63, 3.8) is 0 Å². The van der Waals surface area contributed by atoms with Gasteiger partial charge in [-0.3, -0.25) is 9.59 Å². The molecular formula is C22H31NO3. The van der Waals surface area contributed by atoms with E-state index >= 15 is 0 Å². The Morgan fingerprint density at radius 2 is 1.88 bits per heavy atom. The lowest BCUT2D eigenvalue weighted by Crippen LogP contribution is -2.50. The second-order valence-electron chi connectivity index (χ2n) is 7.86. The van der Waals surface area contributed by atoms with Crippen LogP contribution in [0.5, 0.6) is 5.75 Å². The normalized spacial score (nSPS) is 25.5. The summed E-state index contributed by atoms with van der Waals surface area (Å²) in [7, 11) is 0. The summed E-state index contributed by atoms with van der Waals surface area (Å²) in [6, 6.07) is 7.62. The van der Waals surface area contributed by atoms with Crippen molar-refractivity contribution in [2.45, 2.75) is 64.8 Å². The number of fused-ring (bicyclic) bond motifs is 1. The van der Waals surface area contributed by atoms with E-state index in [0.717, 1.165) is 31.1 Å². The molecule has 3 rings (SSSR count). The van der Waals surface area contributed by atoms with Crippen molar-refractivity contribution in [3.8, 4) is 5.75 Å². The van der Waals surface area contributed by atoms with Gasteiger partial charge in [-0.25, -0.2) is 0 Å². The molecule has 3 atom stereocenters. The van der Waals surface area contributed by atoms with Crippen molar-refractivity contribution in [2.24, 2.45) is 11.8 Å². The van der Waals surface area contributed by atoms with E-state index in [1.165, 1.54) is 19.3 Å².